The lowest BCUT2D eigenvalue weighted by Gasteiger charge is -2.03. The summed E-state index contributed by atoms with van der Waals surface area (Å²) in [7, 11) is 2.07. The smallest absolute Gasteiger partial charge is 0.105 e. The Kier molecular flexibility index (Phi) is 3.96. The number of nitrogens with one attached hydrogen (secondary N) is 1. The molecule has 0 fully saturated rings. The van der Waals surface area contributed by atoms with E-state index < -0.39 is 0 Å². The maximum Gasteiger partial charge on any atom is 0.105 e. The Hall–Kier alpha value is -0.830. The van der Waals surface area contributed by atoms with E-state index in [2.05, 4.69) is 28.8 Å². The Balaban J connectivity index is 2.32. The van der Waals surface area contributed by atoms with Crippen molar-refractivity contribution in [2.24, 2.45) is 7.05 Å². The van der Waals surface area contributed by atoms with Crippen molar-refractivity contribution in [2.75, 3.05) is 13.1 Å². The molecule has 1 aromatic heterocycles. The van der Waals surface area contributed by atoms with E-state index in [0.29, 0.717) is 0 Å². The van der Waals surface area contributed by atoms with Gasteiger partial charge in [-0.2, -0.15) is 0 Å². The summed E-state index contributed by atoms with van der Waals surface area (Å²) in [5, 5.41) is 3.32. The lowest BCUT2D eigenvalue weighted by atomic mass is 10.2. The maximum absolute atomic E-state index is 4.26. The van der Waals surface area contributed by atoms with Crippen molar-refractivity contribution in [2.45, 2.75) is 26.7 Å². The Labute approximate surface area is 80.2 Å². The minimum absolute atomic E-state index is 1.06. The third-order valence-corrected chi connectivity index (χ3v) is 2.35. The number of imidazole rings is 1. The molecule has 0 aliphatic heterocycles. The second-order valence-corrected chi connectivity index (χ2v) is 3.31. The molecule has 0 aliphatic rings. The summed E-state index contributed by atoms with van der Waals surface area (Å²) in [4.78, 5) is 4.26. The number of nitrogens with zero attached hydrogens (tertiary/aromatic N) is 2. The Morgan fingerprint density at radius 1 is 1.54 bits per heavy atom. The normalized spacial score (nSPS) is 10.7. The van der Waals surface area contributed by atoms with Crippen molar-refractivity contribution in [3.8, 4) is 0 Å². The van der Waals surface area contributed by atoms with Crippen molar-refractivity contribution >= 4 is 0 Å². The van der Waals surface area contributed by atoms with Crippen LogP contribution in [0.15, 0.2) is 6.20 Å². The first kappa shape index (κ1) is 10.3. The summed E-state index contributed by atoms with van der Waals surface area (Å²) < 4.78 is 2.16. The molecule has 0 amide bonds. The minimum atomic E-state index is 1.06. The van der Waals surface area contributed by atoms with E-state index in [1.807, 2.05) is 13.1 Å². The summed E-state index contributed by atoms with van der Waals surface area (Å²) in [5.74, 6) is 1.10. The monoisotopic (exact) mass is 181 g/mol. The van der Waals surface area contributed by atoms with E-state index in [-0.39, 0.29) is 0 Å². The first-order valence-electron chi connectivity index (χ1n) is 4.93. The molecule has 3 nitrogen and oxygen atoms in total. The van der Waals surface area contributed by atoms with Gasteiger partial charge in [0.1, 0.15) is 5.82 Å². The lowest BCUT2D eigenvalue weighted by molar-refractivity contribution is 0.653. The second-order valence-electron chi connectivity index (χ2n) is 3.31. The molecule has 74 valence electrons. The van der Waals surface area contributed by atoms with Gasteiger partial charge in [0.05, 0.1) is 0 Å². The average Bonchev–Trinajstić information content (AvgIpc) is 2.43. The summed E-state index contributed by atoms with van der Waals surface area (Å²) in [6.45, 7) is 6.33. The van der Waals surface area contributed by atoms with Crippen molar-refractivity contribution in [1.82, 2.24) is 14.9 Å². The van der Waals surface area contributed by atoms with E-state index in [1.165, 1.54) is 12.1 Å². The topological polar surface area (TPSA) is 29.9 Å². The maximum atomic E-state index is 4.26. The first-order valence-corrected chi connectivity index (χ1v) is 4.93. The van der Waals surface area contributed by atoms with Crippen LogP contribution in [-0.2, 0) is 13.5 Å². The largest absolute Gasteiger partial charge is 0.335 e. The van der Waals surface area contributed by atoms with E-state index in [9.17, 15) is 0 Å². The Morgan fingerprint density at radius 2 is 2.31 bits per heavy atom. The molecule has 0 saturated heterocycles. The van der Waals surface area contributed by atoms with Crippen LogP contribution in [0.4, 0.5) is 0 Å². The SMILES string of the molecule is CCNCCCc1cnc(C)n1C. The zero-order valence-electron chi connectivity index (χ0n) is 8.80. The van der Waals surface area contributed by atoms with E-state index in [0.717, 1.165) is 25.3 Å². The number of aromatic nitrogens is 2. The molecule has 1 rings (SSSR count). The fourth-order valence-electron chi connectivity index (χ4n) is 1.35. The van der Waals surface area contributed by atoms with Crippen LogP contribution >= 0.6 is 0 Å². The summed E-state index contributed by atoms with van der Waals surface area (Å²) in [6.07, 6.45) is 4.28. The van der Waals surface area contributed by atoms with Crippen LogP contribution in [0.1, 0.15) is 24.9 Å². The predicted octanol–water partition coefficient (Wildman–Crippen LogP) is 1.27. The van der Waals surface area contributed by atoms with E-state index in [4.69, 9.17) is 0 Å². The second kappa shape index (κ2) is 5.02. The average molecular weight is 181 g/mol. The van der Waals surface area contributed by atoms with Crippen molar-refractivity contribution in [1.29, 1.82) is 0 Å². The Bertz CT molecular complexity index is 253. The quantitative estimate of drug-likeness (QED) is 0.693. The fraction of sp³-hybridized carbons (Fsp3) is 0.700. The van der Waals surface area contributed by atoms with Gasteiger partial charge >= 0.3 is 0 Å². The number of aryl methyl sites for hydroxylation is 2. The molecule has 0 aliphatic carbocycles. The van der Waals surface area contributed by atoms with Crippen LogP contribution in [0, 0.1) is 6.92 Å². The molecule has 0 atom stereocenters. The molecule has 1 heterocycles. The lowest BCUT2D eigenvalue weighted by Crippen LogP contribution is -2.15. The fourth-order valence-corrected chi connectivity index (χ4v) is 1.35. The number of rotatable bonds is 5. The zero-order valence-corrected chi connectivity index (χ0v) is 8.80. The molecule has 0 bridgehead atoms. The third-order valence-electron chi connectivity index (χ3n) is 2.35. The van der Waals surface area contributed by atoms with Crippen LogP contribution in [0.25, 0.3) is 0 Å². The zero-order chi connectivity index (χ0) is 9.68. The van der Waals surface area contributed by atoms with Gasteiger partial charge < -0.3 is 9.88 Å². The molecule has 1 N–H and O–H groups in total. The van der Waals surface area contributed by atoms with Crippen molar-refractivity contribution in [3.05, 3.63) is 17.7 Å². The molecule has 0 unspecified atom stereocenters. The van der Waals surface area contributed by atoms with Crippen LogP contribution in [0.2, 0.25) is 0 Å². The molecule has 3 heteroatoms. The molecule has 1 aromatic rings. The van der Waals surface area contributed by atoms with Crippen LogP contribution in [-0.4, -0.2) is 22.6 Å². The summed E-state index contributed by atoms with van der Waals surface area (Å²) >= 11 is 0. The van der Waals surface area contributed by atoms with Gasteiger partial charge in [0, 0.05) is 18.9 Å². The van der Waals surface area contributed by atoms with Crippen molar-refractivity contribution < 1.29 is 0 Å². The van der Waals surface area contributed by atoms with Crippen LogP contribution in [0.3, 0.4) is 0 Å². The highest BCUT2D eigenvalue weighted by Gasteiger charge is 2.00. The molecule has 13 heavy (non-hydrogen) atoms. The van der Waals surface area contributed by atoms with Gasteiger partial charge in [-0.1, -0.05) is 6.92 Å². The van der Waals surface area contributed by atoms with Gasteiger partial charge in [0.15, 0.2) is 0 Å². The molecular weight excluding hydrogens is 162 g/mol. The van der Waals surface area contributed by atoms with Gasteiger partial charge in [-0.3, -0.25) is 0 Å². The van der Waals surface area contributed by atoms with Gasteiger partial charge in [-0.05, 0) is 32.9 Å². The highest BCUT2D eigenvalue weighted by Crippen LogP contribution is 2.03. The molecular formula is C10H19N3. The van der Waals surface area contributed by atoms with E-state index in [1.54, 1.807) is 0 Å². The van der Waals surface area contributed by atoms with Gasteiger partial charge in [-0.25, -0.2) is 4.98 Å². The third kappa shape index (κ3) is 2.84. The van der Waals surface area contributed by atoms with E-state index >= 15 is 0 Å². The van der Waals surface area contributed by atoms with Crippen LogP contribution < -0.4 is 5.32 Å². The molecule has 0 spiro atoms. The standard InChI is InChI=1S/C10H19N3/c1-4-11-7-5-6-10-8-12-9(2)13(10)3/h8,11H,4-7H2,1-3H3. The first-order chi connectivity index (χ1) is 6.25. The summed E-state index contributed by atoms with van der Waals surface area (Å²) in [6, 6.07) is 0. The molecule has 0 saturated carbocycles. The van der Waals surface area contributed by atoms with Gasteiger partial charge in [-0.15, -0.1) is 0 Å². The molecule has 0 radical (unpaired) electrons. The van der Waals surface area contributed by atoms with Crippen LogP contribution in [0.5, 0.6) is 0 Å². The Morgan fingerprint density at radius 3 is 2.85 bits per heavy atom. The number of hydrogen-bond acceptors (Lipinski definition) is 2. The number of hydrogen-bond donors (Lipinski definition) is 1. The highest BCUT2D eigenvalue weighted by molar-refractivity contribution is 5.03. The highest BCUT2D eigenvalue weighted by atomic mass is 15.0. The summed E-state index contributed by atoms with van der Waals surface area (Å²) in [5.41, 5.74) is 1.33. The van der Waals surface area contributed by atoms with Crippen molar-refractivity contribution in [3.63, 3.8) is 0 Å². The molecule has 0 aromatic carbocycles. The minimum Gasteiger partial charge on any atom is -0.335 e. The van der Waals surface area contributed by atoms with Gasteiger partial charge in [0.2, 0.25) is 0 Å². The van der Waals surface area contributed by atoms with Gasteiger partial charge in [0.25, 0.3) is 0 Å². The predicted molar refractivity (Wildman–Crippen MR) is 54.8 cm³/mol.